The van der Waals surface area contributed by atoms with Crippen LogP contribution in [-0.4, -0.2) is 44.3 Å². The SMILES string of the molecule is CCCCNC(=O)[C@@H](Cc1ccccc1)N(Cc1ccc(Cl)cc1Cl)C(=O)CN(c1ccc(Cl)cc1C)S(=O)(=O)c1ccc(C)cc1. The number of benzene rings is 4. The number of halogens is 3. The maximum Gasteiger partial charge on any atom is 0.264 e. The molecule has 0 saturated carbocycles. The van der Waals surface area contributed by atoms with Crippen molar-refractivity contribution >= 4 is 62.3 Å². The topological polar surface area (TPSA) is 86.8 Å². The molecule has 0 aliphatic rings. The molecule has 0 saturated heterocycles. The van der Waals surface area contributed by atoms with Crippen LogP contribution in [0.3, 0.4) is 0 Å². The van der Waals surface area contributed by atoms with E-state index in [2.05, 4.69) is 5.32 Å². The van der Waals surface area contributed by atoms with Crippen LogP contribution in [0.2, 0.25) is 15.1 Å². The van der Waals surface area contributed by atoms with Crippen LogP contribution < -0.4 is 9.62 Å². The van der Waals surface area contributed by atoms with Crippen molar-refractivity contribution in [3.8, 4) is 0 Å². The molecule has 248 valence electrons. The van der Waals surface area contributed by atoms with Crippen LogP contribution in [-0.2, 0) is 32.6 Å². The lowest BCUT2D eigenvalue weighted by atomic mass is 10.0. The second kappa shape index (κ2) is 16.5. The van der Waals surface area contributed by atoms with Gasteiger partial charge in [-0.2, -0.15) is 0 Å². The van der Waals surface area contributed by atoms with Gasteiger partial charge in [-0.3, -0.25) is 13.9 Å². The van der Waals surface area contributed by atoms with Crippen molar-refractivity contribution in [2.24, 2.45) is 0 Å². The third kappa shape index (κ3) is 9.51. The minimum absolute atomic E-state index is 0.0238. The summed E-state index contributed by atoms with van der Waals surface area (Å²) in [4.78, 5) is 30.0. The summed E-state index contributed by atoms with van der Waals surface area (Å²) in [6.07, 6.45) is 1.83. The van der Waals surface area contributed by atoms with Crippen molar-refractivity contribution in [3.63, 3.8) is 0 Å². The van der Waals surface area contributed by atoms with Crippen LogP contribution in [0, 0.1) is 13.8 Å². The predicted molar refractivity (Wildman–Crippen MR) is 191 cm³/mol. The van der Waals surface area contributed by atoms with Gasteiger partial charge in [0.25, 0.3) is 10.0 Å². The Kier molecular flexibility index (Phi) is 12.7. The summed E-state index contributed by atoms with van der Waals surface area (Å²) >= 11 is 19.0. The lowest BCUT2D eigenvalue weighted by Gasteiger charge is -2.34. The Morgan fingerprint density at radius 2 is 1.51 bits per heavy atom. The van der Waals surface area contributed by atoms with Crippen LogP contribution in [0.5, 0.6) is 0 Å². The molecule has 2 amide bonds. The van der Waals surface area contributed by atoms with Crippen molar-refractivity contribution in [1.82, 2.24) is 10.2 Å². The second-order valence-corrected chi connectivity index (χ2v) is 14.5. The largest absolute Gasteiger partial charge is 0.354 e. The number of amides is 2. The molecule has 0 radical (unpaired) electrons. The minimum Gasteiger partial charge on any atom is -0.354 e. The van der Waals surface area contributed by atoms with E-state index in [4.69, 9.17) is 34.8 Å². The van der Waals surface area contributed by atoms with Crippen molar-refractivity contribution in [3.05, 3.63) is 128 Å². The molecule has 0 aliphatic heterocycles. The van der Waals surface area contributed by atoms with E-state index in [9.17, 15) is 18.0 Å². The number of nitrogens with one attached hydrogen (secondary N) is 1. The van der Waals surface area contributed by atoms with Crippen molar-refractivity contribution < 1.29 is 18.0 Å². The molecule has 47 heavy (non-hydrogen) atoms. The Morgan fingerprint density at radius 3 is 2.15 bits per heavy atom. The quantitative estimate of drug-likeness (QED) is 0.134. The van der Waals surface area contributed by atoms with Gasteiger partial charge < -0.3 is 10.2 Å². The van der Waals surface area contributed by atoms with Gasteiger partial charge in [0.15, 0.2) is 0 Å². The zero-order valence-electron chi connectivity index (χ0n) is 26.5. The van der Waals surface area contributed by atoms with E-state index in [0.29, 0.717) is 38.4 Å². The van der Waals surface area contributed by atoms with E-state index in [0.717, 1.165) is 28.3 Å². The fraction of sp³-hybridized carbons (Fsp3) is 0.278. The summed E-state index contributed by atoms with van der Waals surface area (Å²) in [7, 11) is -4.25. The number of hydrogen-bond acceptors (Lipinski definition) is 4. The predicted octanol–water partition coefficient (Wildman–Crippen LogP) is 8.02. The first-order valence-corrected chi connectivity index (χ1v) is 17.9. The maximum absolute atomic E-state index is 14.6. The third-order valence-electron chi connectivity index (χ3n) is 7.77. The number of unbranched alkanes of at least 4 members (excludes halogenated alkanes) is 1. The van der Waals surface area contributed by atoms with Crippen molar-refractivity contribution in [2.75, 3.05) is 17.4 Å². The molecular formula is C36H38Cl3N3O4S. The lowest BCUT2D eigenvalue weighted by molar-refractivity contribution is -0.140. The Hall–Kier alpha value is -3.56. The normalized spacial score (nSPS) is 12.0. The summed E-state index contributed by atoms with van der Waals surface area (Å²) in [6, 6.07) is 24.5. The van der Waals surface area contributed by atoms with E-state index in [1.807, 2.05) is 44.2 Å². The summed E-state index contributed by atoms with van der Waals surface area (Å²) in [5.74, 6) is -0.941. The van der Waals surface area contributed by atoms with Gasteiger partial charge in [-0.25, -0.2) is 8.42 Å². The van der Waals surface area contributed by atoms with Crippen LogP contribution in [0.1, 0.15) is 42.0 Å². The first-order valence-electron chi connectivity index (χ1n) is 15.3. The molecule has 1 atom stereocenters. The average molecular weight is 715 g/mol. The monoisotopic (exact) mass is 713 g/mol. The molecule has 0 unspecified atom stereocenters. The van der Waals surface area contributed by atoms with E-state index in [-0.39, 0.29) is 23.8 Å². The molecule has 0 heterocycles. The molecule has 4 aromatic carbocycles. The highest BCUT2D eigenvalue weighted by atomic mass is 35.5. The molecule has 0 fully saturated rings. The van der Waals surface area contributed by atoms with Gasteiger partial charge in [0.2, 0.25) is 11.8 Å². The Morgan fingerprint density at radius 1 is 0.851 bits per heavy atom. The van der Waals surface area contributed by atoms with Gasteiger partial charge >= 0.3 is 0 Å². The Bertz CT molecular complexity index is 1800. The average Bonchev–Trinajstić information content (AvgIpc) is 3.03. The Balaban J connectivity index is 1.83. The highest BCUT2D eigenvalue weighted by Gasteiger charge is 2.35. The number of rotatable bonds is 14. The number of carbonyl (C=O) groups is 2. The third-order valence-corrected chi connectivity index (χ3v) is 10.4. The van der Waals surface area contributed by atoms with E-state index in [1.165, 1.54) is 17.0 Å². The minimum atomic E-state index is -4.25. The summed E-state index contributed by atoms with van der Waals surface area (Å²) < 4.78 is 29.6. The van der Waals surface area contributed by atoms with Crippen LogP contribution >= 0.6 is 34.8 Å². The van der Waals surface area contributed by atoms with Crippen molar-refractivity contribution in [1.29, 1.82) is 0 Å². The van der Waals surface area contributed by atoms with Gasteiger partial charge in [0, 0.05) is 34.6 Å². The van der Waals surface area contributed by atoms with Crippen LogP contribution in [0.4, 0.5) is 5.69 Å². The number of nitrogens with zero attached hydrogens (tertiary/aromatic N) is 2. The maximum atomic E-state index is 14.6. The highest BCUT2D eigenvalue weighted by Crippen LogP contribution is 2.30. The molecule has 0 bridgehead atoms. The number of hydrogen-bond donors (Lipinski definition) is 1. The van der Waals surface area contributed by atoms with Crippen LogP contribution in [0.25, 0.3) is 0 Å². The lowest BCUT2D eigenvalue weighted by Crippen LogP contribution is -2.53. The van der Waals surface area contributed by atoms with Gasteiger partial charge in [-0.1, -0.05) is 102 Å². The molecule has 0 aromatic heterocycles. The van der Waals surface area contributed by atoms with Gasteiger partial charge in [0.05, 0.1) is 10.6 Å². The number of sulfonamides is 1. The summed E-state index contributed by atoms with van der Waals surface area (Å²) in [6.45, 7) is 5.40. The smallest absolute Gasteiger partial charge is 0.264 e. The second-order valence-electron chi connectivity index (χ2n) is 11.4. The van der Waals surface area contributed by atoms with Gasteiger partial charge in [-0.15, -0.1) is 0 Å². The van der Waals surface area contributed by atoms with Crippen LogP contribution in [0.15, 0.2) is 95.9 Å². The number of anilines is 1. The van der Waals surface area contributed by atoms with Gasteiger partial charge in [-0.05, 0) is 79.4 Å². The zero-order chi connectivity index (χ0) is 34.1. The first kappa shape index (κ1) is 36.3. The van der Waals surface area contributed by atoms with E-state index < -0.39 is 28.5 Å². The molecule has 4 rings (SSSR count). The van der Waals surface area contributed by atoms with Gasteiger partial charge in [0.1, 0.15) is 12.6 Å². The van der Waals surface area contributed by atoms with E-state index in [1.54, 1.807) is 55.5 Å². The molecule has 0 aliphatic carbocycles. The number of aryl methyl sites for hydroxylation is 2. The zero-order valence-corrected chi connectivity index (χ0v) is 29.6. The molecule has 4 aromatic rings. The fourth-order valence-corrected chi connectivity index (χ4v) is 7.32. The molecule has 7 nitrogen and oxygen atoms in total. The van der Waals surface area contributed by atoms with E-state index >= 15 is 0 Å². The first-order chi connectivity index (χ1) is 22.4. The van der Waals surface area contributed by atoms with Crippen molar-refractivity contribution in [2.45, 2.75) is 57.5 Å². The standard InChI is InChI=1S/C36H38Cl3N3O4S/c1-4-5-19-40-36(44)34(21-27-9-7-6-8-10-27)41(23-28-13-14-30(38)22-32(28)39)35(43)24-42(33-18-15-29(37)20-26(33)3)47(45,46)31-16-11-25(2)12-17-31/h6-18,20,22,34H,4-5,19,21,23-24H2,1-3H3,(H,40,44)/t34-/m1/s1. The molecule has 0 spiro atoms. The Labute approximate surface area is 292 Å². The molecule has 11 heteroatoms. The molecular weight excluding hydrogens is 677 g/mol. The summed E-state index contributed by atoms with van der Waals surface area (Å²) in [5, 5.41) is 4.14. The summed E-state index contributed by atoms with van der Waals surface area (Å²) in [5.41, 5.74) is 3.13. The number of carbonyl (C=O) groups excluding carboxylic acids is 2. The fourth-order valence-electron chi connectivity index (χ4n) is 5.14. The molecule has 1 N–H and O–H groups in total. The highest BCUT2D eigenvalue weighted by molar-refractivity contribution is 7.92.